The summed E-state index contributed by atoms with van der Waals surface area (Å²) < 4.78 is 0. The van der Waals surface area contributed by atoms with Crippen LogP contribution in [0.5, 0.6) is 0 Å². The minimum absolute atomic E-state index is 0.0908. The molecule has 0 bridgehead atoms. The summed E-state index contributed by atoms with van der Waals surface area (Å²) in [5, 5.41) is 13.2. The highest BCUT2D eigenvalue weighted by Crippen LogP contribution is 2.27. The fourth-order valence-corrected chi connectivity index (χ4v) is 3.42. The van der Waals surface area contributed by atoms with Crippen LogP contribution in [0.1, 0.15) is 24.1 Å². The third kappa shape index (κ3) is 4.63. The number of hydrogen-bond acceptors (Lipinski definition) is 7. The number of nitrogens with zero attached hydrogens (tertiary/aromatic N) is 3. The van der Waals surface area contributed by atoms with Crippen LogP contribution in [0.3, 0.4) is 0 Å². The number of anilines is 1. The van der Waals surface area contributed by atoms with Crippen molar-refractivity contribution in [1.29, 1.82) is 5.26 Å². The Labute approximate surface area is 149 Å². The number of rotatable bonds is 6. The van der Waals surface area contributed by atoms with Crippen molar-refractivity contribution in [2.45, 2.75) is 23.0 Å². The highest BCUT2D eigenvalue weighted by Gasteiger charge is 2.16. The Kier molecular flexibility index (Phi) is 6.46. The lowest BCUT2D eigenvalue weighted by atomic mass is 10.1. The van der Waals surface area contributed by atoms with Gasteiger partial charge < -0.3 is 11.1 Å². The quantitative estimate of drug-likeness (QED) is 0.603. The van der Waals surface area contributed by atoms with Gasteiger partial charge in [0, 0.05) is 0 Å². The van der Waals surface area contributed by atoms with Gasteiger partial charge in [0.2, 0.25) is 11.9 Å². The molecule has 124 valence electrons. The van der Waals surface area contributed by atoms with Gasteiger partial charge in [0.05, 0.1) is 11.8 Å². The second-order valence-electron chi connectivity index (χ2n) is 4.87. The summed E-state index contributed by atoms with van der Waals surface area (Å²) in [7, 11) is 0. The van der Waals surface area contributed by atoms with Crippen LogP contribution in [0.25, 0.3) is 0 Å². The zero-order valence-corrected chi connectivity index (χ0v) is 14.9. The van der Waals surface area contributed by atoms with Crippen LogP contribution in [-0.4, -0.2) is 27.9 Å². The molecule has 3 N–H and O–H groups in total. The van der Waals surface area contributed by atoms with Crippen LogP contribution in [0, 0.1) is 11.3 Å². The van der Waals surface area contributed by atoms with Crippen molar-refractivity contribution in [2.75, 3.05) is 17.7 Å². The maximum Gasteiger partial charge on any atom is 0.230 e. The van der Waals surface area contributed by atoms with Gasteiger partial charge in [-0.25, -0.2) is 9.97 Å². The van der Waals surface area contributed by atoms with Crippen LogP contribution in [0.2, 0.25) is 0 Å². The third-order valence-electron chi connectivity index (χ3n) is 3.18. The Hall–Kier alpha value is -2.24. The number of benzene rings is 1. The molecule has 0 radical (unpaired) electrons. The molecule has 8 heteroatoms. The Balaban J connectivity index is 2.02. The van der Waals surface area contributed by atoms with E-state index in [-0.39, 0.29) is 23.7 Å². The topological polar surface area (TPSA) is 105 Å². The van der Waals surface area contributed by atoms with Gasteiger partial charge in [-0.05, 0) is 18.7 Å². The highest BCUT2D eigenvalue weighted by atomic mass is 32.2. The fourth-order valence-electron chi connectivity index (χ4n) is 2.03. The molecular weight excluding hydrogens is 342 g/mol. The van der Waals surface area contributed by atoms with E-state index < -0.39 is 0 Å². The van der Waals surface area contributed by atoms with Crippen molar-refractivity contribution in [2.24, 2.45) is 0 Å². The molecule has 2 rings (SSSR count). The molecule has 0 spiro atoms. The van der Waals surface area contributed by atoms with Gasteiger partial charge in [0.1, 0.15) is 21.7 Å². The molecule has 0 aliphatic carbocycles. The monoisotopic (exact) mass is 359 g/mol. The fraction of sp³-hybridized carbons (Fsp3) is 0.250. The SMILES string of the molecule is CSc1nc(N)nc(SCC(=O)N[C@@H](C)c2ccccc2)c1C#N. The van der Waals surface area contributed by atoms with E-state index in [1.54, 1.807) is 0 Å². The number of nitriles is 1. The van der Waals surface area contributed by atoms with Gasteiger partial charge in [0.25, 0.3) is 0 Å². The molecule has 24 heavy (non-hydrogen) atoms. The largest absolute Gasteiger partial charge is 0.368 e. The van der Waals surface area contributed by atoms with Gasteiger partial charge in [-0.1, -0.05) is 42.1 Å². The smallest absolute Gasteiger partial charge is 0.230 e. The van der Waals surface area contributed by atoms with E-state index in [2.05, 4.69) is 21.4 Å². The molecule has 0 saturated heterocycles. The van der Waals surface area contributed by atoms with Crippen LogP contribution in [-0.2, 0) is 4.79 Å². The molecular formula is C16H17N5OS2. The van der Waals surface area contributed by atoms with Crippen LogP contribution < -0.4 is 11.1 Å². The lowest BCUT2D eigenvalue weighted by Crippen LogP contribution is -2.28. The average Bonchev–Trinajstić information content (AvgIpc) is 2.60. The number of nitrogens with two attached hydrogens (primary N) is 1. The predicted octanol–water partition coefficient (Wildman–Crippen LogP) is 2.62. The Morgan fingerprint density at radius 3 is 2.62 bits per heavy atom. The number of carbonyl (C=O) groups excluding carboxylic acids is 1. The van der Waals surface area contributed by atoms with E-state index in [0.29, 0.717) is 15.6 Å². The van der Waals surface area contributed by atoms with Gasteiger partial charge >= 0.3 is 0 Å². The minimum Gasteiger partial charge on any atom is -0.368 e. The molecule has 1 aromatic heterocycles. The van der Waals surface area contributed by atoms with E-state index in [0.717, 1.165) is 5.56 Å². The normalized spacial score (nSPS) is 11.5. The van der Waals surface area contributed by atoms with Crippen LogP contribution in [0.4, 0.5) is 5.95 Å². The Bertz CT molecular complexity index is 761. The van der Waals surface area contributed by atoms with Crippen molar-refractivity contribution in [3.8, 4) is 6.07 Å². The number of nitrogen functional groups attached to an aromatic ring is 1. The summed E-state index contributed by atoms with van der Waals surface area (Å²) in [5.41, 5.74) is 7.05. The molecule has 2 aromatic rings. The first-order valence-electron chi connectivity index (χ1n) is 7.13. The average molecular weight is 359 g/mol. The second kappa shape index (κ2) is 8.57. The molecule has 0 fully saturated rings. The molecule has 6 nitrogen and oxygen atoms in total. The summed E-state index contributed by atoms with van der Waals surface area (Å²) in [6, 6.07) is 11.7. The molecule has 0 saturated carbocycles. The number of nitrogens with one attached hydrogen (secondary N) is 1. The molecule has 1 aromatic carbocycles. The predicted molar refractivity (Wildman–Crippen MR) is 96.7 cm³/mol. The maximum absolute atomic E-state index is 12.1. The summed E-state index contributed by atoms with van der Waals surface area (Å²) in [4.78, 5) is 20.3. The van der Waals surface area contributed by atoms with Crippen molar-refractivity contribution in [3.05, 3.63) is 41.5 Å². The van der Waals surface area contributed by atoms with E-state index >= 15 is 0 Å². The maximum atomic E-state index is 12.1. The summed E-state index contributed by atoms with van der Waals surface area (Å²) in [5.74, 6) is 0.109. The van der Waals surface area contributed by atoms with Crippen LogP contribution in [0.15, 0.2) is 40.4 Å². The Morgan fingerprint density at radius 2 is 2.00 bits per heavy atom. The van der Waals surface area contributed by atoms with E-state index in [9.17, 15) is 10.1 Å². The lowest BCUT2D eigenvalue weighted by Gasteiger charge is -2.14. The zero-order valence-electron chi connectivity index (χ0n) is 13.3. The minimum atomic E-state index is -0.136. The first kappa shape index (κ1) is 18.1. The molecule has 0 aliphatic rings. The third-order valence-corrected chi connectivity index (χ3v) is 4.84. The number of hydrogen-bond donors (Lipinski definition) is 2. The van der Waals surface area contributed by atoms with Gasteiger partial charge in [-0.3, -0.25) is 4.79 Å². The second-order valence-corrected chi connectivity index (χ2v) is 6.63. The molecule has 1 amide bonds. The Morgan fingerprint density at radius 1 is 1.33 bits per heavy atom. The first-order valence-corrected chi connectivity index (χ1v) is 9.35. The number of amides is 1. The van der Waals surface area contributed by atoms with Crippen molar-refractivity contribution >= 4 is 35.4 Å². The summed E-state index contributed by atoms with van der Waals surface area (Å²) in [6.45, 7) is 1.92. The molecule has 1 atom stereocenters. The first-order chi connectivity index (χ1) is 11.5. The standard InChI is InChI=1S/C16H17N5OS2/c1-10(11-6-4-3-5-7-11)19-13(22)9-24-15-12(8-17)14(23-2)20-16(18)21-15/h3-7,10H,9H2,1-2H3,(H,19,22)(H2,18,20,21)/t10-/m0/s1. The number of thioether (sulfide) groups is 2. The van der Waals surface area contributed by atoms with Gasteiger partial charge in [-0.15, -0.1) is 11.8 Å². The van der Waals surface area contributed by atoms with Crippen molar-refractivity contribution in [1.82, 2.24) is 15.3 Å². The van der Waals surface area contributed by atoms with Crippen LogP contribution >= 0.6 is 23.5 Å². The summed E-state index contributed by atoms with van der Waals surface area (Å²) >= 11 is 2.50. The van der Waals surface area contributed by atoms with E-state index in [4.69, 9.17) is 5.73 Å². The lowest BCUT2D eigenvalue weighted by molar-refractivity contribution is -0.119. The van der Waals surface area contributed by atoms with E-state index in [1.807, 2.05) is 43.5 Å². The van der Waals surface area contributed by atoms with Gasteiger partial charge in [-0.2, -0.15) is 5.26 Å². The highest BCUT2D eigenvalue weighted by molar-refractivity contribution is 8.00. The van der Waals surface area contributed by atoms with Gasteiger partial charge in [0.15, 0.2) is 0 Å². The molecule has 0 unspecified atom stereocenters. The molecule has 1 heterocycles. The summed E-state index contributed by atoms with van der Waals surface area (Å²) in [6.07, 6.45) is 1.81. The van der Waals surface area contributed by atoms with E-state index in [1.165, 1.54) is 23.5 Å². The van der Waals surface area contributed by atoms with Crippen molar-refractivity contribution < 1.29 is 4.79 Å². The molecule has 0 aliphatic heterocycles. The zero-order chi connectivity index (χ0) is 17.5. The van der Waals surface area contributed by atoms with Crippen molar-refractivity contribution in [3.63, 3.8) is 0 Å². The number of aromatic nitrogens is 2. The number of carbonyl (C=O) groups is 1.